The van der Waals surface area contributed by atoms with Gasteiger partial charge in [0.25, 0.3) is 0 Å². The Hall–Kier alpha value is -3.57. The van der Waals surface area contributed by atoms with Crippen LogP contribution in [0.2, 0.25) is 0 Å². The quantitative estimate of drug-likeness (QED) is 0.376. The van der Waals surface area contributed by atoms with E-state index in [2.05, 4.69) is 0 Å². The highest BCUT2D eigenvalue weighted by atomic mass is 19.4. The number of ether oxygens (including phenoxy) is 1. The van der Waals surface area contributed by atoms with Crippen molar-refractivity contribution in [3.05, 3.63) is 114 Å². The second kappa shape index (κ2) is 8.52. The monoisotopic (exact) mass is 433 g/mol. The van der Waals surface area contributed by atoms with Crippen molar-refractivity contribution in [2.45, 2.75) is 11.7 Å². The Bertz CT molecular complexity index is 1190. The second-order valence-corrected chi connectivity index (χ2v) is 7.52. The molecular weight excluding hydrogens is 411 g/mol. The molecule has 1 atom stereocenters. The van der Waals surface area contributed by atoms with E-state index in [1.165, 1.54) is 37.4 Å². The summed E-state index contributed by atoms with van der Waals surface area (Å²) in [4.78, 5) is 0. The maximum absolute atomic E-state index is 14.5. The van der Waals surface area contributed by atoms with Crippen molar-refractivity contribution in [3.63, 3.8) is 0 Å². The summed E-state index contributed by atoms with van der Waals surface area (Å²) in [5.41, 5.74) is 6.56. The zero-order valence-electron chi connectivity index (χ0n) is 17.4. The summed E-state index contributed by atoms with van der Waals surface area (Å²) in [5.74, 6) is 0.461. The lowest BCUT2D eigenvalue weighted by molar-refractivity contribution is -0.176. The highest BCUT2D eigenvalue weighted by Crippen LogP contribution is 2.45. The van der Waals surface area contributed by atoms with Crippen LogP contribution in [0.5, 0.6) is 5.75 Å². The lowest BCUT2D eigenvalue weighted by Crippen LogP contribution is -2.51. The first-order valence-electron chi connectivity index (χ1n) is 10.1. The van der Waals surface area contributed by atoms with E-state index in [1.54, 1.807) is 18.2 Å². The van der Waals surface area contributed by atoms with Gasteiger partial charge in [-0.15, -0.1) is 0 Å². The molecule has 0 bridgehead atoms. The first-order chi connectivity index (χ1) is 15.3. The summed E-state index contributed by atoms with van der Waals surface area (Å²) in [6, 6.07) is 29.4. The molecule has 2 N–H and O–H groups in total. The third kappa shape index (κ3) is 3.87. The van der Waals surface area contributed by atoms with Crippen LogP contribution < -0.4 is 10.5 Å². The fraction of sp³-hybridized carbons (Fsp3) is 0.111. The molecule has 0 spiro atoms. The molecule has 1 unspecified atom stereocenters. The first kappa shape index (κ1) is 21.7. The summed E-state index contributed by atoms with van der Waals surface area (Å²) in [6.45, 7) is 0. The van der Waals surface area contributed by atoms with Gasteiger partial charge in [-0.05, 0) is 45.5 Å². The van der Waals surface area contributed by atoms with E-state index in [0.29, 0.717) is 16.9 Å². The maximum atomic E-state index is 14.5. The Labute approximate surface area is 185 Å². The van der Waals surface area contributed by atoms with Crippen LogP contribution in [0, 0.1) is 0 Å². The summed E-state index contributed by atoms with van der Waals surface area (Å²) in [7, 11) is 1.46. The molecule has 5 heteroatoms. The minimum atomic E-state index is -4.72. The topological polar surface area (TPSA) is 35.2 Å². The number of methoxy groups -OCH3 is 1. The molecule has 4 aromatic carbocycles. The van der Waals surface area contributed by atoms with E-state index >= 15 is 0 Å². The minimum Gasteiger partial charge on any atom is -0.497 e. The standard InChI is InChI=1S/C27H22F3NO/c1-32-23-17-15-22(16-18-23)26(31,27(28,29)30)25-10-6-5-9-24(25)21-13-11-20(12-14-21)19-7-3-2-4-8-19/h2-18H,31H2,1H3. The molecule has 162 valence electrons. The lowest BCUT2D eigenvalue weighted by Gasteiger charge is -2.34. The predicted molar refractivity (Wildman–Crippen MR) is 121 cm³/mol. The molecule has 0 fully saturated rings. The van der Waals surface area contributed by atoms with E-state index in [1.807, 2.05) is 54.6 Å². The van der Waals surface area contributed by atoms with Gasteiger partial charge in [-0.2, -0.15) is 13.2 Å². The molecular formula is C27H22F3NO. The molecule has 0 aliphatic rings. The summed E-state index contributed by atoms with van der Waals surface area (Å²) < 4.78 is 48.5. The van der Waals surface area contributed by atoms with Crippen molar-refractivity contribution in [2.75, 3.05) is 7.11 Å². The Morgan fingerprint density at radius 2 is 1.16 bits per heavy atom. The van der Waals surface area contributed by atoms with Crippen LogP contribution in [-0.4, -0.2) is 13.3 Å². The van der Waals surface area contributed by atoms with Gasteiger partial charge in [-0.3, -0.25) is 0 Å². The third-order valence-electron chi connectivity index (χ3n) is 5.65. The summed E-state index contributed by atoms with van der Waals surface area (Å²) in [5, 5.41) is 0. The molecule has 0 heterocycles. The fourth-order valence-electron chi connectivity index (χ4n) is 3.88. The van der Waals surface area contributed by atoms with Gasteiger partial charge in [0.2, 0.25) is 0 Å². The molecule has 4 aromatic rings. The Morgan fingerprint density at radius 3 is 1.75 bits per heavy atom. The van der Waals surface area contributed by atoms with Crippen LogP contribution in [0.15, 0.2) is 103 Å². The average Bonchev–Trinajstić information content (AvgIpc) is 2.83. The van der Waals surface area contributed by atoms with Gasteiger partial charge in [0.1, 0.15) is 5.75 Å². The van der Waals surface area contributed by atoms with Crippen molar-refractivity contribution < 1.29 is 17.9 Å². The molecule has 0 amide bonds. The molecule has 2 nitrogen and oxygen atoms in total. The number of hydrogen-bond acceptors (Lipinski definition) is 2. The lowest BCUT2D eigenvalue weighted by atomic mass is 9.79. The SMILES string of the molecule is COc1ccc(C(N)(c2ccccc2-c2ccc(-c3ccccc3)cc2)C(F)(F)F)cc1. The van der Waals surface area contributed by atoms with Gasteiger partial charge in [0.05, 0.1) is 7.11 Å². The number of alkyl halides is 3. The molecule has 32 heavy (non-hydrogen) atoms. The Morgan fingerprint density at radius 1 is 0.625 bits per heavy atom. The molecule has 0 saturated heterocycles. The van der Waals surface area contributed by atoms with Gasteiger partial charge >= 0.3 is 6.18 Å². The largest absolute Gasteiger partial charge is 0.497 e. The van der Waals surface area contributed by atoms with Gasteiger partial charge in [-0.25, -0.2) is 0 Å². The highest BCUT2D eigenvalue weighted by Gasteiger charge is 2.55. The fourth-order valence-corrected chi connectivity index (χ4v) is 3.88. The molecule has 4 rings (SSSR count). The van der Waals surface area contributed by atoms with Crippen molar-refractivity contribution in [2.24, 2.45) is 5.73 Å². The Balaban J connectivity index is 1.83. The zero-order chi connectivity index (χ0) is 22.8. The maximum Gasteiger partial charge on any atom is 0.414 e. The second-order valence-electron chi connectivity index (χ2n) is 7.52. The van der Waals surface area contributed by atoms with E-state index < -0.39 is 11.7 Å². The number of rotatable bonds is 5. The van der Waals surface area contributed by atoms with E-state index in [-0.39, 0.29) is 11.1 Å². The normalized spacial score (nSPS) is 13.4. The molecule has 0 aliphatic heterocycles. The average molecular weight is 433 g/mol. The molecule has 0 aliphatic carbocycles. The predicted octanol–water partition coefficient (Wildman–Crippen LogP) is 6.79. The van der Waals surface area contributed by atoms with Gasteiger partial charge in [0.15, 0.2) is 5.54 Å². The number of nitrogens with two attached hydrogens (primary N) is 1. The van der Waals surface area contributed by atoms with Crippen molar-refractivity contribution >= 4 is 0 Å². The summed E-state index contributed by atoms with van der Waals surface area (Å²) >= 11 is 0. The third-order valence-corrected chi connectivity index (χ3v) is 5.65. The zero-order valence-corrected chi connectivity index (χ0v) is 17.4. The molecule has 0 radical (unpaired) electrons. The van der Waals surface area contributed by atoms with Crippen LogP contribution in [0.3, 0.4) is 0 Å². The van der Waals surface area contributed by atoms with E-state index in [4.69, 9.17) is 10.5 Å². The van der Waals surface area contributed by atoms with Gasteiger partial charge in [-0.1, -0.05) is 91.0 Å². The number of halogens is 3. The van der Waals surface area contributed by atoms with Crippen molar-refractivity contribution in [1.29, 1.82) is 0 Å². The molecule has 0 saturated carbocycles. The van der Waals surface area contributed by atoms with Crippen molar-refractivity contribution in [1.82, 2.24) is 0 Å². The number of benzene rings is 4. The van der Waals surface area contributed by atoms with Crippen LogP contribution >= 0.6 is 0 Å². The van der Waals surface area contributed by atoms with Crippen LogP contribution in [0.1, 0.15) is 11.1 Å². The van der Waals surface area contributed by atoms with Crippen LogP contribution in [-0.2, 0) is 5.54 Å². The molecule has 0 aromatic heterocycles. The van der Waals surface area contributed by atoms with E-state index in [0.717, 1.165) is 11.1 Å². The highest BCUT2D eigenvalue weighted by molar-refractivity contribution is 5.74. The van der Waals surface area contributed by atoms with Crippen LogP contribution in [0.25, 0.3) is 22.3 Å². The summed E-state index contributed by atoms with van der Waals surface area (Å²) in [6.07, 6.45) is -4.72. The minimum absolute atomic E-state index is 0.00914. The van der Waals surface area contributed by atoms with Crippen LogP contribution in [0.4, 0.5) is 13.2 Å². The number of hydrogen-bond donors (Lipinski definition) is 1. The van der Waals surface area contributed by atoms with Gasteiger partial charge < -0.3 is 10.5 Å². The van der Waals surface area contributed by atoms with Crippen molar-refractivity contribution in [3.8, 4) is 28.0 Å². The first-order valence-corrected chi connectivity index (χ1v) is 10.1. The smallest absolute Gasteiger partial charge is 0.414 e. The Kier molecular flexibility index (Phi) is 5.76. The van der Waals surface area contributed by atoms with E-state index in [9.17, 15) is 13.2 Å². The van der Waals surface area contributed by atoms with Gasteiger partial charge in [0, 0.05) is 0 Å².